The van der Waals surface area contributed by atoms with Crippen molar-refractivity contribution in [1.29, 1.82) is 0 Å². The fourth-order valence-corrected chi connectivity index (χ4v) is 3.07. The summed E-state index contributed by atoms with van der Waals surface area (Å²) in [4.78, 5) is 4.28. The van der Waals surface area contributed by atoms with Crippen molar-refractivity contribution >= 4 is 15.8 Å². The van der Waals surface area contributed by atoms with E-state index >= 15 is 0 Å². The van der Waals surface area contributed by atoms with E-state index in [0.717, 1.165) is 4.31 Å². The molecular formula is C16H20N2O5S. The molecule has 8 heteroatoms. The number of hydrogen-bond acceptors (Lipinski definition) is 6. The highest BCUT2D eigenvalue weighted by atomic mass is 32.2. The Morgan fingerprint density at radius 1 is 1.04 bits per heavy atom. The van der Waals surface area contributed by atoms with Gasteiger partial charge in [-0.15, -0.1) is 0 Å². The van der Waals surface area contributed by atoms with E-state index in [-0.39, 0.29) is 10.7 Å². The van der Waals surface area contributed by atoms with Crippen LogP contribution in [0.4, 0.5) is 5.82 Å². The molecule has 0 radical (unpaired) electrons. The molecule has 0 atom stereocenters. The molecular weight excluding hydrogens is 332 g/mol. The zero-order valence-electron chi connectivity index (χ0n) is 13.8. The summed E-state index contributed by atoms with van der Waals surface area (Å²) in [6.07, 6.45) is 0. The van der Waals surface area contributed by atoms with Gasteiger partial charge in [0.05, 0.1) is 18.6 Å². The lowest BCUT2D eigenvalue weighted by Crippen LogP contribution is -2.27. The zero-order valence-corrected chi connectivity index (χ0v) is 14.6. The second kappa shape index (κ2) is 7.98. The number of benzene rings is 1. The first-order chi connectivity index (χ1) is 11.5. The molecule has 0 aliphatic carbocycles. The van der Waals surface area contributed by atoms with Gasteiger partial charge < -0.3 is 14.2 Å². The van der Waals surface area contributed by atoms with Gasteiger partial charge in [0.15, 0.2) is 0 Å². The number of pyridine rings is 1. The number of aromatic nitrogens is 1. The lowest BCUT2D eigenvalue weighted by molar-refractivity contribution is 0.146. The Kier molecular flexibility index (Phi) is 5.99. The van der Waals surface area contributed by atoms with Crippen LogP contribution >= 0.6 is 0 Å². The number of ether oxygens (including phenoxy) is 3. The molecule has 0 bridgehead atoms. The average molecular weight is 352 g/mol. The molecule has 7 nitrogen and oxygen atoms in total. The third-order valence-electron chi connectivity index (χ3n) is 3.28. The predicted molar refractivity (Wildman–Crippen MR) is 90.2 cm³/mol. The largest absolute Gasteiger partial charge is 0.491 e. The van der Waals surface area contributed by atoms with Gasteiger partial charge in [0.1, 0.15) is 18.2 Å². The summed E-state index contributed by atoms with van der Waals surface area (Å²) >= 11 is 0. The van der Waals surface area contributed by atoms with Crippen LogP contribution in [0.15, 0.2) is 47.4 Å². The van der Waals surface area contributed by atoms with Crippen molar-refractivity contribution in [2.24, 2.45) is 0 Å². The second-order valence-corrected chi connectivity index (χ2v) is 6.79. The molecule has 24 heavy (non-hydrogen) atoms. The zero-order chi connectivity index (χ0) is 17.6. The maximum Gasteiger partial charge on any atom is 0.265 e. The van der Waals surface area contributed by atoms with Crippen molar-refractivity contribution in [1.82, 2.24) is 4.98 Å². The first kappa shape index (κ1) is 18.0. The van der Waals surface area contributed by atoms with Gasteiger partial charge in [-0.1, -0.05) is 6.07 Å². The number of rotatable bonds is 8. The predicted octanol–water partition coefficient (Wildman–Crippen LogP) is 1.94. The fraction of sp³-hybridized carbons (Fsp3) is 0.312. The quantitative estimate of drug-likeness (QED) is 0.676. The van der Waals surface area contributed by atoms with Crippen LogP contribution in [-0.2, 0) is 14.8 Å². The summed E-state index contributed by atoms with van der Waals surface area (Å²) in [6, 6.07) is 11.1. The maximum absolute atomic E-state index is 12.7. The number of hydrogen-bond donors (Lipinski definition) is 0. The van der Waals surface area contributed by atoms with E-state index in [1.165, 1.54) is 26.3 Å². The SMILES string of the molecule is COCCOc1ccc(S(=O)(=O)N(C)c2cccc(OC)n2)cc1. The number of anilines is 1. The highest BCUT2D eigenvalue weighted by molar-refractivity contribution is 7.92. The van der Waals surface area contributed by atoms with E-state index in [1.807, 2.05) is 0 Å². The topological polar surface area (TPSA) is 78.0 Å². The molecule has 2 aromatic rings. The first-order valence-corrected chi connectivity index (χ1v) is 8.65. The molecule has 1 aromatic heterocycles. The summed E-state index contributed by atoms with van der Waals surface area (Å²) < 4.78 is 41.8. The van der Waals surface area contributed by atoms with Crippen LogP contribution < -0.4 is 13.8 Å². The summed E-state index contributed by atoms with van der Waals surface area (Å²) in [5.41, 5.74) is 0. The Morgan fingerprint density at radius 3 is 2.38 bits per heavy atom. The van der Waals surface area contributed by atoms with Crippen molar-refractivity contribution in [2.75, 3.05) is 38.8 Å². The standard InChI is InChI=1S/C16H20N2O5S/c1-18(15-5-4-6-16(17-15)22-3)24(19,20)14-9-7-13(8-10-14)23-12-11-21-2/h4-10H,11-12H2,1-3H3. The van der Waals surface area contributed by atoms with Gasteiger partial charge in [-0.25, -0.2) is 8.42 Å². The lowest BCUT2D eigenvalue weighted by atomic mass is 10.3. The molecule has 1 aromatic carbocycles. The Bertz CT molecular complexity index is 762. The molecule has 0 aliphatic rings. The number of sulfonamides is 1. The monoisotopic (exact) mass is 352 g/mol. The molecule has 0 saturated heterocycles. The van der Waals surface area contributed by atoms with Crippen molar-refractivity contribution in [3.8, 4) is 11.6 Å². The molecule has 0 N–H and O–H groups in total. The van der Waals surface area contributed by atoms with Gasteiger partial charge in [0.25, 0.3) is 10.0 Å². The summed E-state index contributed by atoms with van der Waals surface area (Å²) in [5, 5.41) is 0. The van der Waals surface area contributed by atoms with Crippen LogP contribution in [0.2, 0.25) is 0 Å². The van der Waals surface area contributed by atoms with Crippen molar-refractivity contribution in [2.45, 2.75) is 4.90 Å². The third-order valence-corrected chi connectivity index (χ3v) is 5.05. The van der Waals surface area contributed by atoms with E-state index in [0.29, 0.717) is 24.8 Å². The average Bonchev–Trinajstić information content (AvgIpc) is 2.61. The Hall–Kier alpha value is -2.32. The van der Waals surface area contributed by atoms with E-state index in [4.69, 9.17) is 14.2 Å². The van der Waals surface area contributed by atoms with Crippen molar-refractivity contribution in [3.05, 3.63) is 42.5 Å². The smallest absolute Gasteiger partial charge is 0.265 e. The number of nitrogens with zero attached hydrogens (tertiary/aromatic N) is 2. The normalized spacial score (nSPS) is 11.1. The van der Waals surface area contributed by atoms with Crippen molar-refractivity contribution in [3.63, 3.8) is 0 Å². The maximum atomic E-state index is 12.7. The highest BCUT2D eigenvalue weighted by Gasteiger charge is 2.22. The van der Waals surface area contributed by atoms with Crippen LogP contribution in [0.25, 0.3) is 0 Å². The van der Waals surface area contributed by atoms with Crippen molar-refractivity contribution < 1.29 is 22.6 Å². The molecule has 1 heterocycles. The summed E-state index contributed by atoms with van der Waals surface area (Å²) in [5.74, 6) is 1.19. The van der Waals surface area contributed by atoms with E-state index < -0.39 is 10.0 Å². The first-order valence-electron chi connectivity index (χ1n) is 7.21. The second-order valence-electron chi connectivity index (χ2n) is 4.82. The number of methoxy groups -OCH3 is 2. The molecule has 0 saturated carbocycles. The highest BCUT2D eigenvalue weighted by Crippen LogP contribution is 2.23. The minimum atomic E-state index is -3.72. The molecule has 0 aliphatic heterocycles. The molecule has 0 spiro atoms. The van der Waals surface area contributed by atoms with Crippen LogP contribution in [-0.4, -0.2) is 47.9 Å². The molecule has 0 unspecified atom stereocenters. The van der Waals surface area contributed by atoms with Crippen LogP contribution in [0.5, 0.6) is 11.6 Å². The summed E-state index contributed by atoms with van der Waals surface area (Å²) in [7, 11) is 0.781. The molecule has 2 rings (SSSR count). The van der Waals surface area contributed by atoms with Gasteiger partial charge in [0.2, 0.25) is 5.88 Å². The Morgan fingerprint density at radius 2 is 1.75 bits per heavy atom. The van der Waals surface area contributed by atoms with Crippen LogP contribution in [0, 0.1) is 0 Å². The fourth-order valence-electron chi connectivity index (χ4n) is 1.92. The molecule has 0 fully saturated rings. The van der Waals surface area contributed by atoms with Crippen LogP contribution in [0.1, 0.15) is 0 Å². The lowest BCUT2D eigenvalue weighted by Gasteiger charge is -2.19. The Balaban J connectivity index is 2.19. The van der Waals surface area contributed by atoms with Gasteiger partial charge in [0, 0.05) is 20.2 Å². The van der Waals surface area contributed by atoms with Gasteiger partial charge in [-0.05, 0) is 30.3 Å². The van der Waals surface area contributed by atoms with E-state index in [1.54, 1.807) is 37.4 Å². The van der Waals surface area contributed by atoms with E-state index in [2.05, 4.69) is 4.98 Å². The molecule has 0 amide bonds. The van der Waals surface area contributed by atoms with Crippen LogP contribution in [0.3, 0.4) is 0 Å². The van der Waals surface area contributed by atoms with E-state index in [9.17, 15) is 8.42 Å². The summed E-state index contributed by atoms with van der Waals surface area (Å²) in [6.45, 7) is 0.862. The van der Waals surface area contributed by atoms with Gasteiger partial charge in [-0.3, -0.25) is 4.31 Å². The minimum absolute atomic E-state index is 0.147. The minimum Gasteiger partial charge on any atom is -0.491 e. The molecule has 130 valence electrons. The van der Waals surface area contributed by atoms with Gasteiger partial charge in [-0.2, -0.15) is 4.98 Å². The third kappa shape index (κ3) is 4.15. The van der Waals surface area contributed by atoms with Gasteiger partial charge >= 0.3 is 0 Å². The Labute approximate surface area is 141 Å².